The Balaban J connectivity index is 0.000000720. The molecule has 68 valence electrons. The van der Waals surface area contributed by atoms with E-state index in [1.54, 1.807) is 11.3 Å². The lowest BCUT2D eigenvalue weighted by atomic mass is 10.1. The predicted molar refractivity (Wildman–Crippen MR) is 56.0 cm³/mol. The summed E-state index contributed by atoms with van der Waals surface area (Å²) >= 11 is 1.80. The van der Waals surface area contributed by atoms with E-state index in [-0.39, 0.29) is 12.4 Å². The van der Waals surface area contributed by atoms with Crippen molar-refractivity contribution in [3.63, 3.8) is 0 Å². The SMILES string of the molecule is Cc1ccsc1[C@@H](N)C1CC1.Cl. The number of hydrogen-bond donors (Lipinski definition) is 1. The molecule has 1 aromatic rings. The predicted octanol–water partition coefficient (Wildman–Crippen LogP) is 2.89. The summed E-state index contributed by atoms with van der Waals surface area (Å²) in [5.74, 6) is 0.785. The first kappa shape index (κ1) is 10.0. The van der Waals surface area contributed by atoms with Crippen molar-refractivity contribution in [3.05, 3.63) is 21.9 Å². The zero-order valence-corrected chi connectivity index (χ0v) is 8.75. The molecule has 1 aromatic heterocycles. The highest BCUT2D eigenvalue weighted by atomic mass is 35.5. The van der Waals surface area contributed by atoms with Gasteiger partial charge >= 0.3 is 0 Å². The first-order chi connectivity index (χ1) is 5.29. The van der Waals surface area contributed by atoms with Gasteiger partial charge in [-0.3, -0.25) is 0 Å². The molecular formula is C9H14ClNS. The Bertz CT molecular complexity index is 255. The summed E-state index contributed by atoms with van der Waals surface area (Å²) < 4.78 is 0. The number of thiophene rings is 1. The molecule has 2 N–H and O–H groups in total. The van der Waals surface area contributed by atoms with Crippen LogP contribution in [0.4, 0.5) is 0 Å². The molecule has 3 heteroatoms. The van der Waals surface area contributed by atoms with Crippen LogP contribution in [0.15, 0.2) is 11.4 Å². The van der Waals surface area contributed by atoms with Crippen LogP contribution in [-0.4, -0.2) is 0 Å². The molecule has 0 aromatic carbocycles. The first-order valence-corrected chi connectivity index (χ1v) is 4.96. The molecule has 0 radical (unpaired) electrons. The van der Waals surface area contributed by atoms with Crippen LogP contribution in [-0.2, 0) is 0 Å². The highest BCUT2D eigenvalue weighted by molar-refractivity contribution is 7.10. The van der Waals surface area contributed by atoms with Gasteiger partial charge in [0.1, 0.15) is 0 Å². The van der Waals surface area contributed by atoms with Crippen LogP contribution in [0.2, 0.25) is 0 Å². The van der Waals surface area contributed by atoms with E-state index in [2.05, 4.69) is 18.4 Å². The minimum Gasteiger partial charge on any atom is -0.323 e. The van der Waals surface area contributed by atoms with Gasteiger partial charge in [0.15, 0.2) is 0 Å². The highest BCUT2D eigenvalue weighted by Gasteiger charge is 2.30. The van der Waals surface area contributed by atoms with E-state index in [1.807, 2.05) is 0 Å². The maximum atomic E-state index is 6.06. The summed E-state index contributed by atoms with van der Waals surface area (Å²) in [7, 11) is 0. The second-order valence-electron chi connectivity index (χ2n) is 3.33. The maximum Gasteiger partial charge on any atom is 0.0421 e. The van der Waals surface area contributed by atoms with Crippen LogP contribution < -0.4 is 5.73 Å². The summed E-state index contributed by atoms with van der Waals surface area (Å²) in [6.45, 7) is 2.15. The summed E-state index contributed by atoms with van der Waals surface area (Å²) in [5, 5.41) is 2.13. The van der Waals surface area contributed by atoms with E-state index >= 15 is 0 Å². The summed E-state index contributed by atoms with van der Waals surface area (Å²) in [5.41, 5.74) is 7.43. The molecule has 1 nitrogen and oxygen atoms in total. The molecule has 2 rings (SSSR count). The van der Waals surface area contributed by atoms with Gasteiger partial charge in [0.25, 0.3) is 0 Å². The molecule has 0 amide bonds. The monoisotopic (exact) mass is 203 g/mol. The minimum absolute atomic E-state index is 0. The van der Waals surface area contributed by atoms with Crippen LogP contribution in [0.5, 0.6) is 0 Å². The topological polar surface area (TPSA) is 26.0 Å². The van der Waals surface area contributed by atoms with Gasteiger partial charge in [-0.25, -0.2) is 0 Å². The number of hydrogen-bond acceptors (Lipinski definition) is 2. The van der Waals surface area contributed by atoms with Gasteiger partial charge in [-0.15, -0.1) is 23.7 Å². The van der Waals surface area contributed by atoms with Crippen LogP contribution in [0, 0.1) is 12.8 Å². The Labute approximate surface area is 83.4 Å². The van der Waals surface area contributed by atoms with Crippen LogP contribution in [0.3, 0.4) is 0 Å². The number of nitrogens with two attached hydrogens (primary N) is 1. The standard InChI is InChI=1S/C9H13NS.ClH/c1-6-4-5-11-9(6)8(10)7-2-3-7;/h4-5,7-8H,2-3,10H2,1H3;1H/t8-;/m0./s1. The fourth-order valence-corrected chi connectivity index (χ4v) is 2.42. The summed E-state index contributed by atoms with van der Waals surface area (Å²) in [4.78, 5) is 1.40. The number of aryl methyl sites for hydroxylation is 1. The second-order valence-corrected chi connectivity index (χ2v) is 4.28. The molecular weight excluding hydrogens is 190 g/mol. The highest BCUT2D eigenvalue weighted by Crippen LogP contribution is 2.41. The Kier molecular flexibility index (Phi) is 3.16. The van der Waals surface area contributed by atoms with E-state index in [0.717, 1.165) is 5.92 Å². The number of rotatable bonds is 2. The van der Waals surface area contributed by atoms with E-state index in [0.29, 0.717) is 6.04 Å². The van der Waals surface area contributed by atoms with Gasteiger partial charge in [-0.05, 0) is 42.7 Å². The number of halogens is 1. The molecule has 12 heavy (non-hydrogen) atoms. The third-order valence-corrected chi connectivity index (χ3v) is 3.45. The van der Waals surface area contributed by atoms with Crippen molar-refractivity contribution in [2.45, 2.75) is 25.8 Å². The third-order valence-electron chi connectivity index (χ3n) is 2.33. The fraction of sp³-hybridized carbons (Fsp3) is 0.556. The van der Waals surface area contributed by atoms with E-state index in [9.17, 15) is 0 Å². The minimum atomic E-state index is 0. The Morgan fingerprint density at radius 1 is 1.58 bits per heavy atom. The summed E-state index contributed by atoms with van der Waals surface area (Å²) in [6, 6.07) is 2.48. The van der Waals surface area contributed by atoms with Gasteiger partial charge in [-0.1, -0.05) is 0 Å². The lowest BCUT2D eigenvalue weighted by Gasteiger charge is -2.08. The quantitative estimate of drug-likeness (QED) is 0.786. The zero-order valence-electron chi connectivity index (χ0n) is 7.12. The smallest absolute Gasteiger partial charge is 0.0421 e. The molecule has 1 aliphatic carbocycles. The third kappa shape index (κ3) is 1.82. The molecule has 1 fully saturated rings. The largest absolute Gasteiger partial charge is 0.323 e. The first-order valence-electron chi connectivity index (χ1n) is 4.08. The van der Waals surface area contributed by atoms with Gasteiger partial charge in [-0.2, -0.15) is 0 Å². The van der Waals surface area contributed by atoms with Crippen molar-refractivity contribution in [2.75, 3.05) is 0 Å². The van der Waals surface area contributed by atoms with Gasteiger partial charge in [0, 0.05) is 10.9 Å². The van der Waals surface area contributed by atoms with Crippen molar-refractivity contribution < 1.29 is 0 Å². The van der Waals surface area contributed by atoms with E-state index < -0.39 is 0 Å². The van der Waals surface area contributed by atoms with E-state index in [1.165, 1.54) is 23.3 Å². The van der Waals surface area contributed by atoms with Crippen LogP contribution >= 0.6 is 23.7 Å². The molecule has 1 atom stereocenters. The second kappa shape index (κ2) is 3.77. The molecule has 0 spiro atoms. The van der Waals surface area contributed by atoms with Crippen molar-refractivity contribution >= 4 is 23.7 Å². The van der Waals surface area contributed by atoms with Crippen LogP contribution in [0.1, 0.15) is 29.3 Å². The fourth-order valence-electron chi connectivity index (χ4n) is 1.40. The van der Waals surface area contributed by atoms with Crippen molar-refractivity contribution in [3.8, 4) is 0 Å². The van der Waals surface area contributed by atoms with Crippen LogP contribution in [0.25, 0.3) is 0 Å². The molecule has 0 aliphatic heterocycles. The molecule has 1 heterocycles. The van der Waals surface area contributed by atoms with E-state index in [4.69, 9.17) is 5.73 Å². The Morgan fingerprint density at radius 2 is 2.25 bits per heavy atom. The lowest BCUT2D eigenvalue weighted by Crippen LogP contribution is -2.11. The average molecular weight is 204 g/mol. The summed E-state index contributed by atoms with van der Waals surface area (Å²) in [6.07, 6.45) is 2.66. The van der Waals surface area contributed by atoms with Crippen molar-refractivity contribution in [2.24, 2.45) is 11.7 Å². The van der Waals surface area contributed by atoms with Gasteiger partial charge in [0.05, 0.1) is 0 Å². The van der Waals surface area contributed by atoms with Crippen molar-refractivity contribution in [1.82, 2.24) is 0 Å². The molecule has 1 saturated carbocycles. The normalized spacial score (nSPS) is 18.5. The van der Waals surface area contributed by atoms with Gasteiger partial charge in [0.2, 0.25) is 0 Å². The molecule has 1 aliphatic rings. The molecule has 0 saturated heterocycles. The molecule has 0 bridgehead atoms. The molecule has 0 unspecified atom stereocenters. The van der Waals surface area contributed by atoms with Crippen molar-refractivity contribution in [1.29, 1.82) is 0 Å². The average Bonchev–Trinajstić information content (AvgIpc) is 2.74. The Morgan fingerprint density at radius 3 is 2.67 bits per heavy atom. The zero-order chi connectivity index (χ0) is 7.84. The maximum absolute atomic E-state index is 6.06. The Hall–Kier alpha value is -0.0500. The van der Waals surface area contributed by atoms with Gasteiger partial charge < -0.3 is 5.73 Å². The lowest BCUT2D eigenvalue weighted by molar-refractivity contribution is 0.642.